The Kier molecular flexibility index (Phi) is 11.2. The van der Waals surface area contributed by atoms with Gasteiger partial charge in [0.15, 0.2) is 0 Å². The van der Waals surface area contributed by atoms with Crippen LogP contribution >= 0.6 is 11.8 Å². The highest BCUT2D eigenvalue weighted by Gasteiger charge is 2.35. The summed E-state index contributed by atoms with van der Waals surface area (Å²) in [7, 11) is 2.59. The molecule has 2 atom stereocenters. The molecule has 0 aliphatic carbocycles. The van der Waals surface area contributed by atoms with Crippen LogP contribution in [-0.2, 0) is 23.9 Å². The number of phenolic OH excluding ortho intramolecular Hbond substituents is 1. The first-order valence-corrected chi connectivity index (χ1v) is 12.1. The fourth-order valence-electron chi connectivity index (χ4n) is 3.07. The van der Waals surface area contributed by atoms with Gasteiger partial charge >= 0.3 is 12.1 Å². The molecule has 0 spiro atoms. The molecule has 0 heterocycles. The number of amides is 3. The first-order chi connectivity index (χ1) is 15.8. The van der Waals surface area contributed by atoms with Crippen molar-refractivity contribution in [3.05, 3.63) is 29.3 Å². The lowest BCUT2D eigenvalue weighted by atomic mass is 9.99. The third-order valence-corrected chi connectivity index (χ3v) is 5.43. The summed E-state index contributed by atoms with van der Waals surface area (Å²) in [6.07, 6.45) is 1.40. The lowest BCUT2D eigenvalue weighted by molar-refractivity contribution is -0.143. The largest absolute Gasteiger partial charge is 0.507 e. The predicted octanol–water partition coefficient (Wildman–Crippen LogP) is 2.14. The van der Waals surface area contributed by atoms with E-state index >= 15 is 0 Å². The van der Waals surface area contributed by atoms with Crippen molar-refractivity contribution in [2.75, 3.05) is 32.7 Å². The number of carbonyl (C=O) groups is 4. The van der Waals surface area contributed by atoms with Crippen LogP contribution in [-0.4, -0.2) is 78.2 Å². The molecule has 1 rings (SSSR count). The Balaban J connectivity index is 3.29. The van der Waals surface area contributed by atoms with Crippen LogP contribution in [0.3, 0.4) is 0 Å². The predicted molar refractivity (Wildman–Crippen MR) is 130 cm³/mol. The number of para-hydroxylation sites is 1. The number of esters is 1. The van der Waals surface area contributed by atoms with Crippen molar-refractivity contribution in [1.29, 1.82) is 0 Å². The summed E-state index contributed by atoms with van der Waals surface area (Å²) in [5, 5.41) is 15.6. The van der Waals surface area contributed by atoms with Gasteiger partial charge in [-0.2, -0.15) is 11.8 Å². The van der Waals surface area contributed by atoms with Gasteiger partial charge in [-0.3, -0.25) is 14.4 Å². The van der Waals surface area contributed by atoms with Gasteiger partial charge in [-0.25, -0.2) is 4.79 Å². The molecule has 0 aliphatic rings. The van der Waals surface area contributed by atoms with Crippen molar-refractivity contribution in [1.82, 2.24) is 15.5 Å². The lowest BCUT2D eigenvalue weighted by Gasteiger charge is -2.32. The van der Waals surface area contributed by atoms with E-state index in [4.69, 9.17) is 4.74 Å². The van der Waals surface area contributed by atoms with Gasteiger partial charge in [0.05, 0.1) is 7.11 Å². The van der Waals surface area contributed by atoms with E-state index in [-0.39, 0.29) is 11.3 Å². The van der Waals surface area contributed by atoms with E-state index < -0.39 is 48.1 Å². The number of methoxy groups -OCH3 is 1. The second-order valence-electron chi connectivity index (χ2n) is 8.64. The van der Waals surface area contributed by atoms with Gasteiger partial charge < -0.3 is 30.1 Å². The molecule has 0 fully saturated rings. The lowest BCUT2D eigenvalue weighted by Crippen LogP contribution is -2.52. The maximum Gasteiger partial charge on any atom is 0.408 e. The van der Waals surface area contributed by atoms with Crippen molar-refractivity contribution in [2.45, 2.75) is 51.8 Å². The fraction of sp³-hybridized carbons (Fsp3) is 0.565. The maximum atomic E-state index is 13.5. The van der Waals surface area contributed by atoms with Gasteiger partial charge in [-0.15, -0.1) is 0 Å². The summed E-state index contributed by atoms with van der Waals surface area (Å²) in [5.41, 5.74) is -0.0683. The molecule has 0 saturated carbocycles. The Morgan fingerprint density at radius 2 is 1.85 bits per heavy atom. The first-order valence-electron chi connectivity index (χ1n) is 10.7. The van der Waals surface area contributed by atoms with E-state index in [9.17, 15) is 24.3 Å². The quantitative estimate of drug-likeness (QED) is 0.419. The van der Waals surface area contributed by atoms with E-state index in [0.29, 0.717) is 17.7 Å². The number of carbonyl (C=O) groups excluding carboxylic acids is 4. The zero-order valence-electron chi connectivity index (χ0n) is 20.8. The minimum absolute atomic E-state index is 0.152. The number of aryl methyl sites for hydroxylation is 1. The molecule has 0 aliphatic heterocycles. The number of likely N-dealkylation sites (N-methyl/N-ethyl adjacent to an activating group) is 1. The van der Waals surface area contributed by atoms with Crippen LogP contribution in [0.2, 0.25) is 0 Å². The molecule has 10 nitrogen and oxygen atoms in total. The second-order valence-corrected chi connectivity index (χ2v) is 9.62. The van der Waals surface area contributed by atoms with Crippen molar-refractivity contribution in [3.8, 4) is 5.75 Å². The van der Waals surface area contributed by atoms with Crippen LogP contribution in [0.5, 0.6) is 5.75 Å². The van der Waals surface area contributed by atoms with E-state index in [0.717, 1.165) is 4.90 Å². The van der Waals surface area contributed by atoms with Crippen molar-refractivity contribution in [3.63, 3.8) is 0 Å². The molecule has 3 amide bonds. The summed E-state index contributed by atoms with van der Waals surface area (Å²) in [6, 6.07) is 2.58. The van der Waals surface area contributed by atoms with E-state index in [2.05, 4.69) is 15.4 Å². The average Bonchev–Trinajstić information content (AvgIpc) is 2.75. The minimum Gasteiger partial charge on any atom is -0.507 e. The van der Waals surface area contributed by atoms with Crippen molar-refractivity contribution < 1.29 is 33.8 Å². The van der Waals surface area contributed by atoms with E-state index in [1.807, 2.05) is 6.26 Å². The van der Waals surface area contributed by atoms with Gasteiger partial charge in [0.25, 0.3) is 0 Å². The maximum absolute atomic E-state index is 13.5. The van der Waals surface area contributed by atoms with Crippen LogP contribution in [0.15, 0.2) is 18.2 Å². The Labute approximate surface area is 204 Å². The van der Waals surface area contributed by atoms with Crippen molar-refractivity contribution >= 4 is 35.6 Å². The van der Waals surface area contributed by atoms with E-state index in [1.54, 1.807) is 39.8 Å². The number of phenols is 1. The Bertz CT molecular complexity index is 886. The van der Waals surface area contributed by atoms with Crippen LogP contribution in [0.1, 0.15) is 44.4 Å². The SMILES string of the molecule is COC(=O)CNC(=O)C(c1cccc(C)c1O)N(C)C(=O)C(CCSC)NC(=O)OC(C)(C)C. The molecule has 3 N–H and O–H groups in total. The fourth-order valence-corrected chi connectivity index (χ4v) is 3.54. The number of hydrogen-bond donors (Lipinski definition) is 3. The molecule has 0 saturated heterocycles. The highest BCUT2D eigenvalue weighted by molar-refractivity contribution is 7.98. The molecule has 0 radical (unpaired) electrons. The Morgan fingerprint density at radius 1 is 1.21 bits per heavy atom. The number of benzene rings is 1. The molecular weight excluding hydrogens is 462 g/mol. The van der Waals surface area contributed by atoms with Crippen LogP contribution in [0.4, 0.5) is 4.79 Å². The highest BCUT2D eigenvalue weighted by atomic mass is 32.2. The van der Waals surface area contributed by atoms with Gasteiger partial charge in [0.1, 0.15) is 30.0 Å². The third kappa shape index (κ3) is 8.77. The highest BCUT2D eigenvalue weighted by Crippen LogP contribution is 2.31. The smallest absolute Gasteiger partial charge is 0.408 e. The first kappa shape index (κ1) is 29.1. The summed E-state index contributed by atoms with van der Waals surface area (Å²) < 4.78 is 9.84. The second kappa shape index (κ2) is 13.1. The zero-order chi connectivity index (χ0) is 26.1. The summed E-state index contributed by atoms with van der Waals surface area (Å²) in [5.74, 6) is -1.50. The van der Waals surface area contributed by atoms with Crippen LogP contribution < -0.4 is 10.6 Å². The molecular formula is C23H35N3O7S. The molecule has 1 aromatic rings. The third-order valence-electron chi connectivity index (χ3n) is 4.78. The number of rotatable bonds is 10. The van der Waals surface area contributed by atoms with Crippen LogP contribution in [0, 0.1) is 6.92 Å². The van der Waals surface area contributed by atoms with Gasteiger partial charge in [-0.1, -0.05) is 18.2 Å². The average molecular weight is 498 g/mol. The molecule has 34 heavy (non-hydrogen) atoms. The standard InChI is InChI=1S/C23H35N3O7S/c1-14-9-8-10-15(19(14)28)18(20(29)24-13-17(27)32-6)26(5)21(30)16(11-12-34-7)25-22(31)33-23(2,3)4/h8-10,16,18,28H,11-13H2,1-7H3,(H,24,29)(H,25,31). The zero-order valence-corrected chi connectivity index (χ0v) is 21.6. The molecule has 2 unspecified atom stereocenters. The minimum atomic E-state index is -1.27. The number of hydrogen-bond acceptors (Lipinski definition) is 8. The number of alkyl carbamates (subject to hydrolysis) is 1. The van der Waals surface area contributed by atoms with Crippen molar-refractivity contribution in [2.24, 2.45) is 0 Å². The number of nitrogens with zero attached hydrogens (tertiary/aromatic N) is 1. The topological polar surface area (TPSA) is 134 Å². The van der Waals surface area contributed by atoms with Crippen LogP contribution in [0.25, 0.3) is 0 Å². The number of nitrogens with one attached hydrogen (secondary N) is 2. The number of thioether (sulfide) groups is 1. The monoisotopic (exact) mass is 497 g/mol. The molecule has 190 valence electrons. The van der Waals surface area contributed by atoms with Gasteiger partial charge in [-0.05, 0) is 51.7 Å². The Hall–Kier alpha value is -2.95. The molecule has 0 aromatic heterocycles. The van der Waals surface area contributed by atoms with Gasteiger partial charge in [0.2, 0.25) is 11.8 Å². The summed E-state index contributed by atoms with van der Waals surface area (Å²) in [6.45, 7) is 6.38. The summed E-state index contributed by atoms with van der Waals surface area (Å²) >= 11 is 1.50. The number of aromatic hydroxyl groups is 1. The van der Waals surface area contributed by atoms with E-state index in [1.165, 1.54) is 32.0 Å². The van der Waals surface area contributed by atoms with Gasteiger partial charge in [0, 0.05) is 12.6 Å². The normalized spacial score (nSPS) is 12.8. The Morgan fingerprint density at radius 3 is 2.41 bits per heavy atom. The molecule has 11 heteroatoms. The number of ether oxygens (including phenoxy) is 2. The molecule has 0 bridgehead atoms. The molecule has 1 aromatic carbocycles. The summed E-state index contributed by atoms with van der Waals surface area (Å²) in [4.78, 5) is 51.6.